The Bertz CT molecular complexity index is 531. The highest BCUT2D eigenvalue weighted by Gasteiger charge is 2.35. The maximum absolute atomic E-state index is 11.1. The van der Waals surface area contributed by atoms with Crippen molar-refractivity contribution >= 4 is 9.84 Å². The van der Waals surface area contributed by atoms with Crippen molar-refractivity contribution in [2.45, 2.75) is 12.6 Å². The molecule has 0 aromatic heterocycles. The zero-order valence-electron chi connectivity index (χ0n) is 10.9. The third kappa shape index (κ3) is 3.59. The maximum atomic E-state index is 11.1. The Morgan fingerprint density at radius 1 is 1.26 bits per heavy atom. The first-order valence-electron chi connectivity index (χ1n) is 5.84. The van der Waals surface area contributed by atoms with E-state index in [9.17, 15) is 8.42 Å². The van der Waals surface area contributed by atoms with Gasteiger partial charge in [-0.15, -0.1) is 0 Å². The van der Waals surface area contributed by atoms with Crippen molar-refractivity contribution in [3.63, 3.8) is 0 Å². The van der Waals surface area contributed by atoms with Gasteiger partial charge in [0.05, 0.1) is 25.7 Å². The Labute approximate surface area is 112 Å². The van der Waals surface area contributed by atoms with E-state index in [2.05, 4.69) is 5.48 Å². The van der Waals surface area contributed by atoms with Gasteiger partial charge in [0.15, 0.2) is 21.3 Å². The van der Waals surface area contributed by atoms with Gasteiger partial charge < -0.3 is 14.3 Å². The van der Waals surface area contributed by atoms with Crippen molar-refractivity contribution in [2.24, 2.45) is 0 Å². The number of benzene rings is 1. The van der Waals surface area contributed by atoms with Crippen LogP contribution in [0.1, 0.15) is 5.56 Å². The molecule has 1 aromatic rings. The van der Waals surface area contributed by atoms with Gasteiger partial charge >= 0.3 is 0 Å². The Hall–Kier alpha value is -1.31. The molecule has 6 nitrogen and oxygen atoms in total. The van der Waals surface area contributed by atoms with Gasteiger partial charge in [-0.1, -0.05) is 6.07 Å². The van der Waals surface area contributed by atoms with Crippen LogP contribution in [-0.4, -0.2) is 40.2 Å². The van der Waals surface area contributed by atoms with Gasteiger partial charge in [0.1, 0.15) is 6.10 Å². The van der Waals surface area contributed by atoms with E-state index >= 15 is 0 Å². The molecule has 7 heteroatoms. The van der Waals surface area contributed by atoms with E-state index < -0.39 is 9.84 Å². The molecule has 0 bridgehead atoms. The van der Waals surface area contributed by atoms with Gasteiger partial charge in [-0.25, -0.2) is 8.42 Å². The summed E-state index contributed by atoms with van der Waals surface area (Å²) in [6, 6.07) is 5.47. The summed E-state index contributed by atoms with van der Waals surface area (Å²) in [5.41, 5.74) is 3.71. The van der Waals surface area contributed by atoms with Crippen molar-refractivity contribution in [3.05, 3.63) is 23.8 Å². The molecule has 1 aliphatic heterocycles. The summed E-state index contributed by atoms with van der Waals surface area (Å²) in [7, 11) is 0.213. The largest absolute Gasteiger partial charge is 0.493 e. The molecule has 106 valence electrons. The third-order valence-electron chi connectivity index (χ3n) is 2.82. The van der Waals surface area contributed by atoms with Crippen molar-refractivity contribution in [2.75, 3.05) is 25.7 Å². The van der Waals surface area contributed by atoms with Crippen LogP contribution in [-0.2, 0) is 21.2 Å². The van der Waals surface area contributed by atoms with Crippen LogP contribution in [0.4, 0.5) is 0 Å². The fourth-order valence-corrected chi connectivity index (χ4v) is 3.01. The lowest BCUT2D eigenvalue weighted by Gasteiger charge is -2.27. The monoisotopic (exact) mass is 287 g/mol. The maximum Gasteiger partial charge on any atom is 0.161 e. The number of sulfone groups is 1. The highest BCUT2D eigenvalue weighted by molar-refractivity contribution is 7.92. The first-order valence-corrected chi connectivity index (χ1v) is 7.66. The Morgan fingerprint density at radius 2 is 2.00 bits per heavy atom. The number of rotatable bonds is 6. The normalized spacial score (nSPS) is 17.8. The second kappa shape index (κ2) is 5.77. The number of hydroxylamine groups is 1. The smallest absolute Gasteiger partial charge is 0.161 e. The molecule has 1 fully saturated rings. The average Bonchev–Trinajstić information content (AvgIpc) is 2.35. The molecule has 1 heterocycles. The lowest BCUT2D eigenvalue weighted by Crippen LogP contribution is -2.45. The highest BCUT2D eigenvalue weighted by Crippen LogP contribution is 2.30. The molecule has 1 aromatic carbocycles. The van der Waals surface area contributed by atoms with Crippen LogP contribution in [0.3, 0.4) is 0 Å². The van der Waals surface area contributed by atoms with E-state index in [1.807, 2.05) is 12.1 Å². The van der Waals surface area contributed by atoms with Crippen molar-refractivity contribution < 1.29 is 22.7 Å². The van der Waals surface area contributed by atoms with Crippen molar-refractivity contribution in [1.82, 2.24) is 5.48 Å². The summed E-state index contributed by atoms with van der Waals surface area (Å²) in [5.74, 6) is 1.29. The fraction of sp³-hybridized carbons (Fsp3) is 0.500. The average molecular weight is 287 g/mol. The van der Waals surface area contributed by atoms with Crippen LogP contribution in [0.25, 0.3) is 0 Å². The van der Waals surface area contributed by atoms with Crippen LogP contribution in [0.5, 0.6) is 11.5 Å². The number of hydrogen-bond donors (Lipinski definition) is 1. The second-order valence-corrected chi connectivity index (χ2v) is 6.48. The van der Waals surface area contributed by atoms with Gasteiger partial charge in [-0.2, -0.15) is 5.48 Å². The molecule has 1 N–H and O–H groups in total. The third-order valence-corrected chi connectivity index (χ3v) is 4.58. The fourth-order valence-electron chi connectivity index (χ4n) is 1.84. The van der Waals surface area contributed by atoms with Crippen LogP contribution >= 0.6 is 0 Å². The molecule has 2 rings (SSSR count). The predicted molar refractivity (Wildman–Crippen MR) is 69.9 cm³/mol. The van der Waals surface area contributed by atoms with Gasteiger partial charge in [0.2, 0.25) is 0 Å². The molecular weight excluding hydrogens is 270 g/mol. The molecule has 0 amide bonds. The summed E-state index contributed by atoms with van der Waals surface area (Å²) >= 11 is 0. The minimum atomic E-state index is -2.88. The van der Waals surface area contributed by atoms with Gasteiger partial charge in [0, 0.05) is 6.54 Å². The summed E-state index contributed by atoms with van der Waals surface area (Å²) in [4.78, 5) is 4.77. The minimum absolute atomic E-state index is 0.0726. The van der Waals surface area contributed by atoms with Crippen molar-refractivity contribution in [3.8, 4) is 11.5 Å². The summed E-state index contributed by atoms with van der Waals surface area (Å²) in [6.07, 6.45) is -0.276. The Balaban J connectivity index is 2.04. The topological polar surface area (TPSA) is 73.9 Å². The van der Waals surface area contributed by atoms with Gasteiger partial charge in [-0.05, 0) is 17.7 Å². The molecule has 1 aliphatic rings. The zero-order chi connectivity index (χ0) is 13.9. The molecule has 0 unspecified atom stereocenters. The van der Waals surface area contributed by atoms with Gasteiger partial charge in [-0.3, -0.25) is 0 Å². The molecule has 0 aliphatic carbocycles. The summed E-state index contributed by atoms with van der Waals surface area (Å²) in [6.45, 7) is 0.547. The number of ether oxygens (including phenoxy) is 2. The molecule has 0 spiro atoms. The standard InChI is InChI=1S/C12H17NO5S/c1-16-12-5-9(6-13-17-2)3-4-11(12)18-10-7-19(14,15)8-10/h3-5,10,13H,6-8H2,1-2H3. The van der Waals surface area contributed by atoms with Crippen LogP contribution in [0.2, 0.25) is 0 Å². The Kier molecular flexibility index (Phi) is 4.28. The summed E-state index contributed by atoms with van der Waals surface area (Å²) < 4.78 is 33.0. The molecular formula is C12H17NO5S. The van der Waals surface area contributed by atoms with Crippen LogP contribution in [0.15, 0.2) is 18.2 Å². The van der Waals surface area contributed by atoms with Crippen molar-refractivity contribution in [1.29, 1.82) is 0 Å². The lowest BCUT2D eigenvalue weighted by molar-refractivity contribution is 0.0866. The van der Waals surface area contributed by atoms with E-state index in [-0.39, 0.29) is 17.6 Å². The summed E-state index contributed by atoms with van der Waals surface area (Å²) in [5, 5.41) is 0. The van der Waals surface area contributed by atoms with E-state index in [0.717, 1.165) is 5.56 Å². The number of methoxy groups -OCH3 is 1. The predicted octanol–water partition coefficient (Wildman–Crippen LogP) is 0.522. The second-order valence-electron chi connectivity index (χ2n) is 4.33. The quantitative estimate of drug-likeness (QED) is 0.769. The number of nitrogens with one attached hydrogen (secondary N) is 1. The zero-order valence-corrected chi connectivity index (χ0v) is 11.7. The van der Waals surface area contributed by atoms with Crippen LogP contribution < -0.4 is 15.0 Å². The molecule has 1 saturated heterocycles. The van der Waals surface area contributed by atoms with E-state index in [4.69, 9.17) is 14.3 Å². The molecule has 0 atom stereocenters. The van der Waals surface area contributed by atoms with E-state index in [1.54, 1.807) is 20.3 Å². The van der Waals surface area contributed by atoms with Crippen LogP contribution in [0, 0.1) is 0 Å². The molecule has 0 saturated carbocycles. The molecule has 0 radical (unpaired) electrons. The Morgan fingerprint density at radius 3 is 2.58 bits per heavy atom. The van der Waals surface area contributed by atoms with Gasteiger partial charge in [0.25, 0.3) is 0 Å². The SMILES string of the molecule is CONCc1ccc(OC2CS(=O)(=O)C2)c(OC)c1. The highest BCUT2D eigenvalue weighted by atomic mass is 32.2. The first-order chi connectivity index (χ1) is 9.04. The minimum Gasteiger partial charge on any atom is -0.493 e. The molecule has 19 heavy (non-hydrogen) atoms. The van der Waals surface area contributed by atoms with E-state index in [0.29, 0.717) is 18.0 Å². The first kappa shape index (κ1) is 14.1. The lowest BCUT2D eigenvalue weighted by atomic mass is 10.2. The van der Waals surface area contributed by atoms with E-state index in [1.165, 1.54) is 0 Å². The number of hydrogen-bond acceptors (Lipinski definition) is 6.